The van der Waals surface area contributed by atoms with E-state index in [0.717, 1.165) is 5.56 Å². The Balaban J connectivity index is 2.53. The summed E-state index contributed by atoms with van der Waals surface area (Å²) in [6.45, 7) is 8.22. The number of halogens is 1. The van der Waals surface area contributed by atoms with Gasteiger partial charge in [0.2, 0.25) is 0 Å². The topological polar surface area (TPSA) is 41.6 Å². The number of ether oxygens (including phenoxy) is 1. The molecule has 0 fully saturated rings. The molecule has 0 unspecified atom stereocenters. The first-order chi connectivity index (χ1) is 8.81. The number of benzene rings is 1. The van der Waals surface area contributed by atoms with E-state index in [4.69, 9.17) is 4.74 Å². The minimum Gasteiger partial charge on any atom is -0.443 e. The summed E-state index contributed by atoms with van der Waals surface area (Å²) in [6, 6.07) is 6.12. The molecule has 1 amide bonds. The fourth-order valence-electron chi connectivity index (χ4n) is 1.41. The van der Waals surface area contributed by atoms with Crippen molar-refractivity contribution in [2.75, 3.05) is 6.54 Å². The van der Waals surface area contributed by atoms with Crippen molar-refractivity contribution in [1.82, 2.24) is 10.4 Å². The van der Waals surface area contributed by atoms with Crippen LogP contribution in [0.3, 0.4) is 0 Å². The van der Waals surface area contributed by atoms with Crippen molar-refractivity contribution in [3.63, 3.8) is 0 Å². The first kappa shape index (κ1) is 15.4. The van der Waals surface area contributed by atoms with E-state index in [-0.39, 0.29) is 5.82 Å². The zero-order chi connectivity index (χ0) is 14.5. The normalized spacial score (nSPS) is 11.2. The second-order valence-electron chi connectivity index (χ2n) is 5.19. The molecular weight excluding hydrogens is 247 g/mol. The highest BCUT2D eigenvalue weighted by molar-refractivity contribution is 5.67. The molecule has 0 radical (unpaired) electrons. The van der Waals surface area contributed by atoms with Gasteiger partial charge >= 0.3 is 6.09 Å². The molecule has 4 nitrogen and oxygen atoms in total. The van der Waals surface area contributed by atoms with Crippen LogP contribution < -0.4 is 5.43 Å². The van der Waals surface area contributed by atoms with Gasteiger partial charge in [-0.25, -0.2) is 19.6 Å². The van der Waals surface area contributed by atoms with E-state index in [1.165, 1.54) is 17.1 Å². The van der Waals surface area contributed by atoms with Crippen molar-refractivity contribution in [2.24, 2.45) is 0 Å². The average Bonchev–Trinajstić information content (AvgIpc) is 2.30. The summed E-state index contributed by atoms with van der Waals surface area (Å²) in [6.07, 6.45) is -0.419. The van der Waals surface area contributed by atoms with Gasteiger partial charge in [0.05, 0.1) is 0 Å². The Morgan fingerprint density at radius 2 is 1.89 bits per heavy atom. The van der Waals surface area contributed by atoms with Crippen molar-refractivity contribution in [3.8, 4) is 0 Å². The molecule has 0 aromatic heterocycles. The molecule has 1 aromatic rings. The summed E-state index contributed by atoms with van der Waals surface area (Å²) < 4.78 is 18.0. The number of hydrogen-bond acceptors (Lipinski definition) is 3. The Morgan fingerprint density at radius 3 is 2.37 bits per heavy atom. The van der Waals surface area contributed by atoms with Gasteiger partial charge in [-0.05, 0) is 45.4 Å². The van der Waals surface area contributed by atoms with E-state index in [0.29, 0.717) is 13.1 Å². The van der Waals surface area contributed by atoms with E-state index in [2.05, 4.69) is 5.43 Å². The Hall–Kier alpha value is -1.62. The van der Waals surface area contributed by atoms with E-state index in [9.17, 15) is 9.18 Å². The van der Waals surface area contributed by atoms with E-state index in [1.54, 1.807) is 12.1 Å². The smallest absolute Gasteiger partial charge is 0.424 e. The van der Waals surface area contributed by atoms with Crippen LogP contribution in [0.15, 0.2) is 24.3 Å². The molecule has 0 aliphatic rings. The molecule has 0 aliphatic heterocycles. The predicted octanol–water partition coefficient (Wildman–Crippen LogP) is 3.09. The molecule has 1 aromatic carbocycles. The fraction of sp³-hybridized carbons (Fsp3) is 0.500. The maximum atomic E-state index is 12.8. The Bertz CT molecular complexity index is 412. The molecule has 5 heteroatoms. The maximum absolute atomic E-state index is 12.8. The Morgan fingerprint density at radius 1 is 1.32 bits per heavy atom. The van der Waals surface area contributed by atoms with Crippen LogP contribution in [0.2, 0.25) is 0 Å². The highest BCUT2D eigenvalue weighted by Crippen LogP contribution is 2.09. The highest BCUT2D eigenvalue weighted by atomic mass is 19.1. The van der Waals surface area contributed by atoms with Crippen molar-refractivity contribution in [2.45, 2.75) is 39.8 Å². The van der Waals surface area contributed by atoms with Gasteiger partial charge in [-0.15, -0.1) is 0 Å². The van der Waals surface area contributed by atoms with Crippen LogP contribution in [0.25, 0.3) is 0 Å². The molecule has 0 spiro atoms. The zero-order valence-corrected chi connectivity index (χ0v) is 11.9. The molecule has 0 saturated carbocycles. The van der Waals surface area contributed by atoms with Crippen LogP contribution in [0.4, 0.5) is 9.18 Å². The van der Waals surface area contributed by atoms with E-state index >= 15 is 0 Å². The molecule has 1 N–H and O–H groups in total. The second kappa shape index (κ2) is 6.52. The van der Waals surface area contributed by atoms with E-state index < -0.39 is 11.7 Å². The Kier molecular flexibility index (Phi) is 5.30. The summed E-state index contributed by atoms with van der Waals surface area (Å²) in [5.41, 5.74) is 3.33. The zero-order valence-electron chi connectivity index (χ0n) is 11.9. The minimum absolute atomic E-state index is 0.275. The number of amides is 1. The lowest BCUT2D eigenvalue weighted by atomic mass is 10.2. The van der Waals surface area contributed by atoms with Crippen LogP contribution in [0.5, 0.6) is 0 Å². The third kappa shape index (κ3) is 5.70. The molecule has 1 rings (SSSR count). The maximum Gasteiger partial charge on any atom is 0.424 e. The van der Waals surface area contributed by atoms with Gasteiger partial charge in [-0.3, -0.25) is 0 Å². The lowest BCUT2D eigenvalue weighted by molar-refractivity contribution is 0.0144. The Labute approximate surface area is 113 Å². The minimum atomic E-state index is -0.526. The number of nitrogens with one attached hydrogen (secondary N) is 1. The van der Waals surface area contributed by atoms with Crippen LogP contribution >= 0.6 is 0 Å². The summed E-state index contributed by atoms with van der Waals surface area (Å²) in [4.78, 5) is 11.8. The molecule has 19 heavy (non-hydrogen) atoms. The number of hydrogen-bond donors (Lipinski definition) is 1. The lowest BCUT2D eigenvalue weighted by Gasteiger charge is -2.26. The van der Waals surface area contributed by atoms with Crippen LogP contribution in [-0.4, -0.2) is 23.2 Å². The summed E-state index contributed by atoms with van der Waals surface area (Å²) >= 11 is 0. The summed E-state index contributed by atoms with van der Waals surface area (Å²) in [5.74, 6) is -0.275. The molecule has 0 aliphatic carbocycles. The molecule has 0 atom stereocenters. The molecule has 0 saturated heterocycles. The average molecular weight is 268 g/mol. The largest absolute Gasteiger partial charge is 0.443 e. The first-order valence-corrected chi connectivity index (χ1v) is 6.30. The van der Waals surface area contributed by atoms with Gasteiger partial charge in [0, 0.05) is 13.1 Å². The first-order valence-electron chi connectivity index (χ1n) is 6.30. The number of carbonyl (C=O) groups excluding carboxylic acids is 1. The van der Waals surface area contributed by atoms with Gasteiger partial charge in [0.25, 0.3) is 0 Å². The lowest BCUT2D eigenvalue weighted by Crippen LogP contribution is -2.45. The third-order valence-corrected chi connectivity index (χ3v) is 2.32. The van der Waals surface area contributed by atoms with Crippen molar-refractivity contribution in [1.29, 1.82) is 0 Å². The SMILES string of the molecule is CCN(NCc1ccc(F)cc1)C(=O)OC(C)(C)C. The summed E-state index contributed by atoms with van der Waals surface area (Å²) in [7, 11) is 0. The molecular formula is C14H21FN2O2. The summed E-state index contributed by atoms with van der Waals surface area (Å²) in [5, 5.41) is 1.40. The van der Waals surface area contributed by atoms with E-state index in [1.807, 2.05) is 27.7 Å². The fourth-order valence-corrected chi connectivity index (χ4v) is 1.41. The standard InChI is InChI=1S/C14H21FN2O2/c1-5-17(13(18)19-14(2,3)4)16-10-11-6-8-12(15)9-7-11/h6-9,16H,5,10H2,1-4H3. The monoisotopic (exact) mass is 268 g/mol. The van der Waals surface area contributed by atoms with Gasteiger partial charge < -0.3 is 4.74 Å². The molecule has 0 bridgehead atoms. The molecule has 106 valence electrons. The highest BCUT2D eigenvalue weighted by Gasteiger charge is 2.20. The third-order valence-electron chi connectivity index (χ3n) is 2.32. The van der Waals surface area contributed by atoms with Gasteiger partial charge in [-0.1, -0.05) is 12.1 Å². The van der Waals surface area contributed by atoms with Crippen LogP contribution in [-0.2, 0) is 11.3 Å². The number of hydrazine groups is 1. The van der Waals surface area contributed by atoms with Gasteiger partial charge in [0.15, 0.2) is 0 Å². The second-order valence-corrected chi connectivity index (χ2v) is 5.19. The van der Waals surface area contributed by atoms with Crippen molar-refractivity contribution in [3.05, 3.63) is 35.6 Å². The van der Waals surface area contributed by atoms with Crippen molar-refractivity contribution < 1.29 is 13.9 Å². The number of nitrogens with zero attached hydrogens (tertiary/aromatic N) is 1. The van der Waals surface area contributed by atoms with Gasteiger partial charge in [0.1, 0.15) is 11.4 Å². The predicted molar refractivity (Wildman–Crippen MR) is 71.9 cm³/mol. The van der Waals surface area contributed by atoms with Gasteiger partial charge in [-0.2, -0.15) is 0 Å². The quantitative estimate of drug-likeness (QED) is 0.853. The molecule has 0 heterocycles. The van der Waals surface area contributed by atoms with Crippen molar-refractivity contribution >= 4 is 6.09 Å². The van der Waals surface area contributed by atoms with Crippen LogP contribution in [0, 0.1) is 5.82 Å². The number of rotatable bonds is 4. The van der Waals surface area contributed by atoms with Crippen LogP contribution in [0.1, 0.15) is 33.3 Å². The number of carbonyl (C=O) groups is 1.